The summed E-state index contributed by atoms with van der Waals surface area (Å²) >= 11 is 1.41. The fourth-order valence-corrected chi connectivity index (χ4v) is 2.76. The summed E-state index contributed by atoms with van der Waals surface area (Å²) in [6, 6.07) is 1.73. The van der Waals surface area contributed by atoms with E-state index in [1.807, 2.05) is 5.38 Å². The molecule has 0 aliphatic carbocycles. The Hall–Kier alpha value is -1.73. The third-order valence-corrected chi connectivity index (χ3v) is 3.99. The number of aliphatic hydroxyl groups is 1. The lowest BCUT2D eigenvalue weighted by Gasteiger charge is -2.07. The number of amides is 1. The van der Waals surface area contributed by atoms with E-state index in [-0.39, 0.29) is 24.6 Å². The first-order valence-corrected chi connectivity index (χ1v) is 7.90. The molecular formula is C14H19N3O3S. The van der Waals surface area contributed by atoms with E-state index in [0.717, 1.165) is 25.7 Å². The van der Waals surface area contributed by atoms with Crippen molar-refractivity contribution in [3.05, 3.63) is 28.1 Å². The summed E-state index contributed by atoms with van der Waals surface area (Å²) in [7, 11) is 0. The van der Waals surface area contributed by atoms with Crippen LogP contribution in [0.4, 0.5) is 0 Å². The maximum atomic E-state index is 12.1. The molecule has 2 heterocycles. The molecule has 6 nitrogen and oxygen atoms in total. The van der Waals surface area contributed by atoms with Crippen LogP contribution < -0.4 is 10.9 Å². The highest BCUT2D eigenvalue weighted by Crippen LogP contribution is 2.13. The molecule has 0 saturated heterocycles. The van der Waals surface area contributed by atoms with E-state index in [1.54, 1.807) is 6.07 Å². The molecule has 1 amide bonds. The van der Waals surface area contributed by atoms with Crippen LogP contribution in [0.1, 0.15) is 25.7 Å². The number of fused-ring (bicyclic) bond motifs is 1. The molecule has 2 aromatic rings. The molecule has 7 heteroatoms. The maximum absolute atomic E-state index is 12.1. The average Bonchev–Trinajstić information content (AvgIpc) is 2.95. The van der Waals surface area contributed by atoms with Crippen LogP contribution in [-0.4, -0.2) is 33.7 Å². The second kappa shape index (κ2) is 7.90. The van der Waals surface area contributed by atoms with Crippen molar-refractivity contribution in [3.8, 4) is 0 Å². The minimum absolute atomic E-state index is 0.00569. The van der Waals surface area contributed by atoms with E-state index in [2.05, 4.69) is 10.3 Å². The number of carbonyl (C=O) groups is 1. The van der Waals surface area contributed by atoms with E-state index < -0.39 is 0 Å². The van der Waals surface area contributed by atoms with Crippen LogP contribution in [0.3, 0.4) is 0 Å². The van der Waals surface area contributed by atoms with Gasteiger partial charge >= 0.3 is 0 Å². The van der Waals surface area contributed by atoms with Crippen LogP contribution in [0.5, 0.6) is 0 Å². The van der Waals surface area contributed by atoms with E-state index in [9.17, 15) is 9.59 Å². The Morgan fingerprint density at radius 3 is 2.95 bits per heavy atom. The van der Waals surface area contributed by atoms with Gasteiger partial charge in [-0.3, -0.25) is 14.2 Å². The first-order chi connectivity index (χ1) is 10.2. The Morgan fingerprint density at radius 1 is 1.33 bits per heavy atom. The zero-order valence-corrected chi connectivity index (χ0v) is 12.6. The summed E-state index contributed by atoms with van der Waals surface area (Å²) in [4.78, 5) is 28.7. The summed E-state index contributed by atoms with van der Waals surface area (Å²) in [5.41, 5.74) is -0.181. The van der Waals surface area contributed by atoms with Crippen molar-refractivity contribution in [2.75, 3.05) is 13.2 Å². The van der Waals surface area contributed by atoms with E-state index in [0.29, 0.717) is 16.8 Å². The van der Waals surface area contributed by atoms with Gasteiger partial charge in [0.1, 0.15) is 11.4 Å². The molecule has 114 valence electrons. The molecule has 0 bridgehead atoms. The SMILES string of the molecule is O=C(Cn1cnc2sccc2c1=O)NCCCCCCO. The van der Waals surface area contributed by atoms with Gasteiger partial charge in [-0.2, -0.15) is 0 Å². The summed E-state index contributed by atoms with van der Waals surface area (Å²) in [5, 5.41) is 13.8. The lowest BCUT2D eigenvalue weighted by atomic mass is 10.2. The van der Waals surface area contributed by atoms with Crippen molar-refractivity contribution in [3.63, 3.8) is 0 Å². The molecule has 0 saturated carbocycles. The molecule has 0 radical (unpaired) electrons. The van der Waals surface area contributed by atoms with Crippen molar-refractivity contribution in [2.45, 2.75) is 32.2 Å². The molecule has 2 N–H and O–H groups in total. The highest BCUT2D eigenvalue weighted by atomic mass is 32.1. The van der Waals surface area contributed by atoms with E-state index >= 15 is 0 Å². The molecular weight excluding hydrogens is 290 g/mol. The third-order valence-electron chi connectivity index (χ3n) is 3.17. The van der Waals surface area contributed by atoms with Gasteiger partial charge in [-0.05, 0) is 24.3 Å². The van der Waals surface area contributed by atoms with Crippen molar-refractivity contribution in [2.24, 2.45) is 0 Å². The number of nitrogens with zero attached hydrogens (tertiary/aromatic N) is 2. The predicted molar refractivity (Wildman–Crippen MR) is 82.4 cm³/mol. The summed E-state index contributed by atoms with van der Waals surface area (Å²) < 4.78 is 1.33. The van der Waals surface area contributed by atoms with Crippen LogP contribution in [0.15, 0.2) is 22.6 Å². The number of thiophene rings is 1. The first kappa shape index (κ1) is 15.7. The Labute approximate surface area is 126 Å². The molecule has 0 aliphatic heterocycles. The largest absolute Gasteiger partial charge is 0.396 e. The minimum Gasteiger partial charge on any atom is -0.396 e. The number of hydrogen-bond donors (Lipinski definition) is 2. The standard InChI is InChI=1S/C14H19N3O3S/c18-7-4-2-1-3-6-15-12(19)9-17-10-16-13-11(14(17)20)5-8-21-13/h5,8,10,18H,1-4,6-7,9H2,(H,15,19). The number of hydrogen-bond acceptors (Lipinski definition) is 5. The molecule has 2 aromatic heterocycles. The lowest BCUT2D eigenvalue weighted by Crippen LogP contribution is -2.32. The molecule has 0 aliphatic rings. The second-order valence-corrected chi connectivity index (χ2v) is 5.70. The Morgan fingerprint density at radius 2 is 2.14 bits per heavy atom. The number of rotatable bonds is 8. The number of aliphatic hydroxyl groups excluding tert-OH is 1. The Bertz CT molecular complexity index is 650. The Balaban J connectivity index is 1.81. The fraction of sp³-hybridized carbons (Fsp3) is 0.500. The summed E-state index contributed by atoms with van der Waals surface area (Å²) in [6.45, 7) is 0.800. The zero-order chi connectivity index (χ0) is 15.1. The Kier molecular flexibility index (Phi) is 5.89. The van der Waals surface area contributed by atoms with Crippen LogP contribution >= 0.6 is 11.3 Å². The molecule has 0 atom stereocenters. The van der Waals surface area contributed by atoms with Gasteiger partial charge in [0.15, 0.2) is 0 Å². The molecule has 0 unspecified atom stereocenters. The van der Waals surface area contributed by atoms with E-state index in [4.69, 9.17) is 5.11 Å². The quantitative estimate of drug-likeness (QED) is 0.716. The molecule has 0 fully saturated rings. The number of unbranched alkanes of at least 4 members (excludes halogenated alkanes) is 3. The number of carbonyl (C=O) groups excluding carboxylic acids is 1. The van der Waals surface area contributed by atoms with Gasteiger partial charge in [0.05, 0.1) is 11.7 Å². The van der Waals surface area contributed by atoms with Gasteiger partial charge < -0.3 is 10.4 Å². The molecule has 0 spiro atoms. The predicted octanol–water partition coefficient (Wildman–Crippen LogP) is 1.13. The van der Waals surface area contributed by atoms with E-state index in [1.165, 1.54) is 22.2 Å². The van der Waals surface area contributed by atoms with Crippen molar-refractivity contribution >= 4 is 27.5 Å². The van der Waals surface area contributed by atoms with Gasteiger partial charge in [-0.1, -0.05) is 12.8 Å². The topological polar surface area (TPSA) is 84.2 Å². The average molecular weight is 309 g/mol. The highest BCUT2D eigenvalue weighted by Gasteiger charge is 2.08. The molecule has 21 heavy (non-hydrogen) atoms. The smallest absolute Gasteiger partial charge is 0.262 e. The van der Waals surface area contributed by atoms with Crippen LogP contribution in [-0.2, 0) is 11.3 Å². The van der Waals surface area contributed by atoms with Crippen LogP contribution in [0.25, 0.3) is 10.2 Å². The first-order valence-electron chi connectivity index (χ1n) is 7.02. The van der Waals surface area contributed by atoms with Crippen molar-refractivity contribution in [1.29, 1.82) is 0 Å². The second-order valence-electron chi connectivity index (χ2n) is 4.80. The minimum atomic E-state index is -0.185. The van der Waals surface area contributed by atoms with Gasteiger partial charge in [0.2, 0.25) is 5.91 Å². The van der Waals surface area contributed by atoms with Crippen molar-refractivity contribution in [1.82, 2.24) is 14.9 Å². The van der Waals surface area contributed by atoms with Crippen molar-refractivity contribution < 1.29 is 9.90 Å². The normalized spacial score (nSPS) is 10.9. The molecule has 0 aromatic carbocycles. The maximum Gasteiger partial charge on any atom is 0.262 e. The third kappa shape index (κ3) is 4.37. The van der Waals surface area contributed by atoms with Gasteiger partial charge in [0.25, 0.3) is 5.56 Å². The van der Waals surface area contributed by atoms with Gasteiger partial charge in [-0.25, -0.2) is 4.98 Å². The van der Waals surface area contributed by atoms with Gasteiger partial charge in [-0.15, -0.1) is 11.3 Å². The summed E-state index contributed by atoms with van der Waals surface area (Å²) in [5.74, 6) is -0.185. The summed E-state index contributed by atoms with van der Waals surface area (Å²) in [6.07, 6.45) is 5.04. The highest BCUT2D eigenvalue weighted by molar-refractivity contribution is 7.16. The zero-order valence-electron chi connectivity index (χ0n) is 11.7. The monoisotopic (exact) mass is 309 g/mol. The number of nitrogens with one attached hydrogen (secondary N) is 1. The number of aromatic nitrogens is 2. The fourth-order valence-electron chi connectivity index (χ4n) is 2.03. The van der Waals surface area contributed by atoms with Crippen LogP contribution in [0, 0.1) is 0 Å². The van der Waals surface area contributed by atoms with Gasteiger partial charge in [0, 0.05) is 13.2 Å². The lowest BCUT2D eigenvalue weighted by molar-refractivity contribution is -0.121. The van der Waals surface area contributed by atoms with Crippen LogP contribution in [0.2, 0.25) is 0 Å². The molecule has 2 rings (SSSR count).